The van der Waals surface area contributed by atoms with Gasteiger partial charge in [0.2, 0.25) is 0 Å². The van der Waals surface area contributed by atoms with E-state index in [-0.39, 0.29) is 0 Å². The van der Waals surface area contributed by atoms with Crippen molar-refractivity contribution in [1.29, 1.82) is 0 Å². The highest BCUT2D eigenvalue weighted by Crippen LogP contribution is 2.40. The summed E-state index contributed by atoms with van der Waals surface area (Å²) < 4.78 is 15.0. The van der Waals surface area contributed by atoms with E-state index in [0.29, 0.717) is 0 Å². The molecule has 0 aliphatic carbocycles. The highest BCUT2D eigenvalue weighted by molar-refractivity contribution is 6.14. The third-order valence-corrected chi connectivity index (χ3v) is 9.21. The zero-order valence-electron chi connectivity index (χ0n) is 24.2. The minimum Gasteiger partial charge on any atom is -0.456 e. The first-order valence-corrected chi connectivity index (χ1v) is 15.3. The molecule has 45 heavy (non-hydrogen) atoms. The minimum atomic E-state index is 0.874. The molecule has 0 saturated carbocycles. The van der Waals surface area contributed by atoms with Crippen LogP contribution in [0.25, 0.3) is 93.6 Å². The van der Waals surface area contributed by atoms with E-state index >= 15 is 0 Å². The lowest BCUT2D eigenvalue weighted by Gasteiger charge is -2.09. The maximum atomic E-state index is 6.47. The molecule has 7 aromatic carbocycles. The SMILES string of the molecule is c1ccc(-c2ccc3c(c2)c2ccccc2n3-c2ccc3oc4cc(-c5cccc6oc7ccccc7c56)ccc4c3c2)cc1. The molecule has 0 aliphatic heterocycles. The largest absolute Gasteiger partial charge is 0.456 e. The third kappa shape index (κ3) is 3.58. The molecule has 0 aliphatic rings. The van der Waals surface area contributed by atoms with Gasteiger partial charge in [-0.2, -0.15) is 0 Å². The monoisotopic (exact) mass is 575 g/mol. The Balaban J connectivity index is 1.15. The lowest BCUT2D eigenvalue weighted by atomic mass is 9.98. The second-order valence-corrected chi connectivity index (χ2v) is 11.7. The summed E-state index contributed by atoms with van der Waals surface area (Å²) in [6, 6.07) is 53.6. The molecule has 210 valence electrons. The number of rotatable bonds is 3. The summed E-state index contributed by atoms with van der Waals surface area (Å²) in [5.74, 6) is 0. The molecule has 0 unspecified atom stereocenters. The normalized spacial score (nSPS) is 12.0. The van der Waals surface area contributed by atoms with Crippen LogP contribution in [0, 0.1) is 0 Å². The number of benzene rings is 7. The van der Waals surface area contributed by atoms with E-state index in [1.165, 1.54) is 32.9 Å². The van der Waals surface area contributed by atoms with Crippen LogP contribution in [0.3, 0.4) is 0 Å². The lowest BCUT2D eigenvalue weighted by Crippen LogP contribution is -1.93. The van der Waals surface area contributed by atoms with Gasteiger partial charge in [0.1, 0.15) is 22.3 Å². The highest BCUT2D eigenvalue weighted by atomic mass is 16.3. The standard InChI is InChI=1S/C42H25NO2/c1-2-9-26(10-3-1)27-18-21-37-34(23-27)31-11-4-6-14-36(31)43(37)29-19-22-39-35(25-29)32-20-17-28(24-41(32)45-39)30-13-8-16-40-42(30)33-12-5-7-15-38(33)44-40/h1-25H. The minimum absolute atomic E-state index is 0.874. The van der Waals surface area contributed by atoms with Gasteiger partial charge in [-0.25, -0.2) is 0 Å². The number of hydrogen-bond donors (Lipinski definition) is 0. The van der Waals surface area contributed by atoms with Crippen molar-refractivity contribution in [1.82, 2.24) is 4.57 Å². The van der Waals surface area contributed by atoms with Crippen LogP contribution in [-0.4, -0.2) is 4.57 Å². The Morgan fingerprint density at radius 3 is 2.02 bits per heavy atom. The summed E-state index contributed by atoms with van der Waals surface area (Å²) in [7, 11) is 0. The van der Waals surface area contributed by atoms with Crippen LogP contribution in [0.15, 0.2) is 160 Å². The molecular weight excluding hydrogens is 550 g/mol. The van der Waals surface area contributed by atoms with Gasteiger partial charge in [-0.05, 0) is 82.9 Å². The predicted molar refractivity (Wildman–Crippen MR) is 186 cm³/mol. The first-order chi connectivity index (χ1) is 22.3. The van der Waals surface area contributed by atoms with Gasteiger partial charge in [0.25, 0.3) is 0 Å². The zero-order valence-corrected chi connectivity index (χ0v) is 24.2. The van der Waals surface area contributed by atoms with E-state index in [9.17, 15) is 0 Å². The number of aromatic nitrogens is 1. The van der Waals surface area contributed by atoms with Crippen LogP contribution in [-0.2, 0) is 0 Å². The maximum Gasteiger partial charge on any atom is 0.136 e. The van der Waals surface area contributed by atoms with Gasteiger partial charge in [-0.1, -0.05) is 91.0 Å². The Labute approximate surface area is 258 Å². The molecule has 0 bridgehead atoms. The summed E-state index contributed by atoms with van der Waals surface area (Å²) in [5, 5.41) is 6.95. The van der Waals surface area contributed by atoms with Crippen molar-refractivity contribution in [2.75, 3.05) is 0 Å². The first kappa shape index (κ1) is 24.4. The fourth-order valence-electron chi connectivity index (χ4n) is 7.15. The highest BCUT2D eigenvalue weighted by Gasteiger charge is 2.17. The molecule has 3 nitrogen and oxygen atoms in total. The fraction of sp³-hybridized carbons (Fsp3) is 0. The molecule has 0 atom stereocenters. The van der Waals surface area contributed by atoms with Gasteiger partial charge >= 0.3 is 0 Å². The average molecular weight is 576 g/mol. The number of hydrogen-bond acceptors (Lipinski definition) is 2. The second-order valence-electron chi connectivity index (χ2n) is 11.7. The molecular formula is C42H25NO2. The van der Waals surface area contributed by atoms with Gasteiger partial charge in [0.05, 0.1) is 11.0 Å². The first-order valence-electron chi connectivity index (χ1n) is 15.3. The van der Waals surface area contributed by atoms with Crippen molar-refractivity contribution >= 4 is 65.7 Å². The predicted octanol–water partition coefficient (Wildman–Crippen LogP) is 11.9. The topological polar surface area (TPSA) is 31.2 Å². The van der Waals surface area contributed by atoms with Crippen molar-refractivity contribution in [3.05, 3.63) is 152 Å². The lowest BCUT2D eigenvalue weighted by molar-refractivity contribution is 0.668. The van der Waals surface area contributed by atoms with E-state index in [1.54, 1.807) is 0 Å². The van der Waals surface area contributed by atoms with E-state index in [1.807, 2.05) is 18.2 Å². The van der Waals surface area contributed by atoms with Gasteiger partial charge < -0.3 is 13.4 Å². The molecule has 0 fully saturated rings. The fourth-order valence-corrected chi connectivity index (χ4v) is 7.15. The second kappa shape index (κ2) is 9.22. The molecule has 3 heteroatoms. The Kier molecular flexibility index (Phi) is 5.00. The smallest absolute Gasteiger partial charge is 0.136 e. The molecule has 0 amide bonds. The molecule has 3 aromatic heterocycles. The van der Waals surface area contributed by atoms with E-state index in [4.69, 9.17) is 8.83 Å². The molecule has 3 heterocycles. The number of nitrogens with zero attached hydrogens (tertiary/aromatic N) is 1. The quantitative estimate of drug-likeness (QED) is 0.210. The summed E-state index contributed by atoms with van der Waals surface area (Å²) in [6.45, 7) is 0. The van der Waals surface area contributed by atoms with Crippen LogP contribution in [0.2, 0.25) is 0 Å². The number of furan rings is 2. The van der Waals surface area contributed by atoms with Crippen LogP contribution in [0.1, 0.15) is 0 Å². The van der Waals surface area contributed by atoms with Crippen molar-refractivity contribution in [3.63, 3.8) is 0 Å². The van der Waals surface area contributed by atoms with Crippen molar-refractivity contribution < 1.29 is 8.83 Å². The van der Waals surface area contributed by atoms with E-state index in [2.05, 4.69) is 138 Å². The summed E-state index contributed by atoms with van der Waals surface area (Å²) in [6.07, 6.45) is 0. The average Bonchev–Trinajstić information content (AvgIpc) is 3.77. The van der Waals surface area contributed by atoms with Crippen LogP contribution in [0.4, 0.5) is 0 Å². The summed E-state index contributed by atoms with van der Waals surface area (Å²) >= 11 is 0. The van der Waals surface area contributed by atoms with Crippen LogP contribution >= 0.6 is 0 Å². The number of fused-ring (bicyclic) bond motifs is 9. The van der Waals surface area contributed by atoms with Gasteiger partial charge in [-0.15, -0.1) is 0 Å². The molecule has 0 N–H and O–H groups in total. The molecule has 0 radical (unpaired) electrons. The van der Waals surface area contributed by atoms with Crippen LogP contribution < -0.4 is 0 Å². The third-order valence-electron chi connectivity index (χ3n) is 9.21. The zero-order chi connectivity index (χ0) is 29.5. The van der Waals surface area contributed by atoms with Crippen molar-refractivity contribution in [2.24, 2.45) is 0 Å². The Bertz CT molecular complexity index is 2760. The van der Waals surface area contributed by atoms with E-state index in [0.717, 1.165) is 60.7 Å². The molecule has 10 aromatic rings. The number of para-hydroxylation sites is 2. The van der Waals surface area contributed by atoms with Gasteiger partial charge in [0.15, 0.2) is 0 Å². The van der Waals surface area contributed by atoms with Crippen molar-refractivity contribution in [2.45, 2.75) is 0 Å². The summed E-state index contributed by atoms with van der Waals surface area (Å²) in [4.78, 5) is 0. The maximum absolute atomic E-state index is 6.47. The Morgan fingerprint density at radius 2 is 1.09 bits per heavy atom. The molecule has 10 rings (SSSR count). The summed E-state index contributed by atoms with van der Waals surface area (Å²) in [5.41, 5.74) is 11.7. The van der Waals surface area contributed by atoms with Crippen LogP contribution in [0.5, 0.6) is 0 Å². The van der Waals surface area contributed by atoms with Crippen molar-refractivity contribution in [3.8, 4) is 27.9 Å². The van der Waals surface area contributed by atoms with Gasteiger partial charge in [0, 0.05) is 38.0 Å². The molecule has 0 spiro atoms. The molecule has 0 saturated heterocycles. The Hall–Kier alpha value is -6.06. The Morgan fingerprint density at radius 1 is 0.356 bits per heavy atom. The van der Waals surface area contributed by atoms with Gasteiger partial charge in [-0.3, -0.25) is 0 Å². The van der Waals surface area contributed by atoms with E-state index < -0.39 is 0 Å².